The highest BCUT2D eigenvalue weighted by molar-refractivity contribution is 7.99. The maximum absolute atomic E-state index is 10.9. The van der Waals surface area contributed by atoms with Gasteiger partial charge in [-0.25, -0.2) is 4.79 Å². The molecule has 1 atom stereocenters. The van der Waals surface area contributed by atoms with Gasteiger partial charge in [-0.1, -0.05) is 43.0 Å². The molecule has 0 aromatic heterocycles. The van der Waals surface area contributed by atoms with E-state index in [9.17, 15) is 4.79 Å². The first-order valence-corrected chi connectivity index (χ1v) is 11.1. The van der Waals surface area contributed by atoms with Gasteiger partial charge in [0.2, 0.25) is 0 Å². The Bertz CT molecular complexity index is 1030. The van der Waals surface area contributed by atoms with Gasteiger partial charge in [0.1, 0.15) is 5.75 Å². The SMILES string of the molecule is CCC(CCCOc1ccc(C(=O)O)cc1)c1cccc2c1Nc1ccccc1S2. The Balaban J connectivity index is 1.39. The van der Waals surface area contributed by atoms with Crippen LogP contribution < -0.4 is 10.1 Å². The first-order chi connectivity index (χ1) is 14.7. The van der Waals surface area contributed by atoms with Crippen molar-refractivity contribution in [1.82, 2.24) is 0 Å². The summed E-state index contributed by atoms with van der Waals surface area (Å²) >= 11 is 1.82. The number of benzene rings is 3. The molecule has 1 heterocycles. The summed E-state index contributed by atoms with van der Waals surface area (Å²) in [5.41, 5.74) is 4.04. The lowest BCUT2D eigenvalue weighted by atomic mass is 9.90. The second-order valence-electron chi connectivity index (χ2n) is 7.37. The van der Waals surface area contributed by atoms with Crippen LogP contribution >= 0.6 is 11.8 Å². The number of carboxylic acid groups (broad SMARTS) is 1. The normalized spacial score (nSPS) is 13.0. The molecule has 5 heteroatoms. The number of carbonyl (C=O) groups is 1. The van der Waals surface area contributed by atoms with Crippen molar-refractivity contribution in [2.24, 2.45) is 0 Å². The summed E-state index contributed by atoms with van der Waals surface area (Å²) in [5.74, 6) is 0.240. The average molecular weight is 420 g/mol. The van der Waals surface area contributed by atoms with Crippen molar-refractivity contribution in [1.29, 1.82) is 0 Å². The lowest BCUT2D eigenvalue weighted by Crippen LogP contribution is -2.08. The number of para-hydroxylation sites is 2. The fraction of sp³-hybridized carbons (Fsp3) is 0.240. The van der Waals surface area contributed by atoms with Gasteiger partial charge in [0.25, 0.3) is 0 Å². The molecule has 0 saturated carbocycles. The number of ether oxygens (including phenoxy) is 1. The fourth-order valence-corrected chi connectivity index (χ4v) is 4.84. The van der Waals surface area contributed by atoms with E-state index in [4.69, 9.17) is 9.84 Å². The number of fused-ring (bicyclic) bond motifs is 2. The fourth-order valence-electron chi connectivity index (χ4n) is 3.81. The van der Waals surface area contributed by atoms with Crippen molar-refractivity contribution < 1.29 is 14.6 Å². The molecule has 1 aliphatic heterocycles. The second-order valence-corrected chi connectivity index (χ2v) is 8.45. The molecule has 4 rings (SSSR count). The number of carboxylic acids is 1. The van der Waals surface area contributed by atoms with Gasteiger partial charge in [0.05, 0.1) is 23.5 Å². The van der Waals surface area contributed by atoms with E-state index in [0.29, 0.717) is 18.3 Å². The standard InChI is InChI=1S/C25H25NO3S/c1-2-17(7-6-16-29-19-14-12-18(13-15-19)25(27)28)20-8-5-11-23-24(20)26-21-9-3-4-10-22(21)30-23/h3-5,8-15,17,26H,2,6-7,16H2,1H3,(H,27,28). The molecule has 0 spiro atoms. The van der Waals surface area contributed by atoms with E-state index in [0.717, 1.165) is 19.3 Å². The largest absolute Gasteiger partial charge is 0.494 e. The van der Waals surface area contributed by atoms with Crippen molar-refractivity contribution in [3.8, 4) is 5.75 Å². The Labute approximate surface area is 181 Å². The summed E-state index contributed by atoms with van der Waals surface area (Å²) in [6.07, 6.45) is 3.04. The molecular formula is C25H25NO3S. The lowest BCUT2D eigenvalue weighted by molar-refractivity contribution is 0.0697. The Hall–Kier alpha value is -2.92. The van der Waals surface area contributed by atoms with Gasteiger partial charge in [-0.15, -0.1) is 0 Å². The Morgan fingerprint density at radius 3 is 2.57 bits per heavy atom. The van der Waals surface area contributed by atoms with Crippen LogP contribution in [0.25, 0.3) is 0 Å². The van der Waals surface area contributed by atoms with Gasteiger partial charge in [-0.3, -0.25) is 0 Å². The number of nitrogens with one attached hydrogen (secondary N) is 1. The van der Waals surface area contributed by atoms with Crippen LogP contribution in [0.1, 0.15) is 48.0 Å². The van der Waals surface area contributed by atoms with E-state index in [-0.39, 0.29) is 5.56 Å². The zero-order valence-electron chi connectivity index (χ0n) is 16.9. The highest BCUT2D eigenvalue weighted by Crippen LogP contribution is 2.47. The van der Waals surface area contributed by atoms with Crippen LogP contribution in [0.5, 0.6) is 5.75 Å². The van der Waals surface area contributed by atoms with E-state index in [1.54, 1.807) is 24.3 Å². The van der Waals surface area contributed by atoms with Crippen LogP contribution in [-0.4, -0.2) is 17.7 Å². The third-order valence-corrected chi connectivity index (χ3v) is 6.56. The molecule has 0 bridgehead atoms. The maximum atomic E-state index is 10.9. The van der Waals surface area contributed by atoms with Crippen molar-refractivity contribution >= 4 is 29.1 Å². The van der Waals surface area contributed by atoms with Crippen LogP contribution in [0.2, 0.25) is 0 Å². The van der Waals surface area contributed by atoms with Crippen LogP contribution in [0, 0.1) is 0 Å². The molecule has 154 valence electrons. The van der Waals surface area contributed by atoms with E-state index >= 15 is 0 Å². The van der Waals surface area contributed by atoms with Gasteiger partial charge < -0.3 is 15.2 Å². The summed E-state index contributed by atoms with van der Waals surface area (Å²) in [7, 11) is 0. The summed E-state index contributed by atoms with van der Waals surface area (Å²) in [6, 6.07) is 21.6. The molecule has 0 radical (unpaired) electrons. The number of rotatable bonds is 8. The van der Waals surface area contributed by atoms with Gasteiger partial charge >= 0.3 is 5.97 Å². The molecule has 4 nitrogen and oxygen atoms in total. The van der Waals surface area contributed by atoms with Crippen LogP contribution in [0.15, 0.2) is 76.5 Å². The molecule has 30 heavy (non-hydrogen) atoms. The molecule has 0 fully saturated rings. The number of anilines is 2. The van der Waals surface area contributed by atoms with E-state index in [1.165, 1.54) is 26.7 Å². The summed E-state index contributed by atoms with van der Waals surface area (Å²) in [5, 5.41) is 12.6. The van der Waals surface area contributed by atoms with Gasteiger partial charge in [0, 0.05) is 9.79 Å². The van der Waals surface area contributed by atoms with Crippen molar-refractivity contribution in [3.05, 3.63) is 77.9 Å². The molecule has 0 amide bonds. The topological polar surface area (TPSA) is 58.6 Å². The molecule has 3 aromatic carbocycles. The first kappa shape index (κ1) is 20.4. The molecule has 2 N–H and O–H groups in total. The third kappa shape index (κ3) is 4.46. The molecule has 0 saturated heterocycles. The van der Waals surface area contributed by atoms with Crippen molar-refractivity contribution in [2.75, 3.05) is 11.9 Å². The van der Waals surface area contributed by atoms with Gasteiger partial charge in [-0.05, 0) is 73.2 Å². The molecule has 3 aromatic rings. The minimum absolute atomic E-state index is 0.272. The second kappa shape index (κ2) is 9.26. The molecular weight excluding hydrogens is 394 g/mol. The first-order valence-electron chi connectivity index (χ1n) is 10.3. The predicted octanol–water partition coefficient (Wildman–Crippen LogP) is 6.95. The number of hydrogen-bond acceptors (Lipinski definition) is 4. The van der Waals surface area contributed by atoms with Crippen LogP contribution in [0.3, 0.4) is 0 Å². The highest BCUT2D eigenvalue weighted by Gasteiger charge is 2.21. The zero-order valence-corrected chi connectivity index (χ0v) is 17.7. The Morgan fingerprint density at radius 2 is 1.80 bits per heavy atom. The quantitative estimate of drug-likeness (QED) is 0.303. The average Bonchev–Trinajstić information content (AvgIpc) is 2.78. The maximum Gasteiger partial charge on any atom is 0.335 e. The molecule has 1 aliphatic rings. The summed E-state index contributed by atoms with van der Waals surface area (Å²) in [4.78, 5) is 13.5. The van der Waals surface area contributed by atoms with Gasteiger partial charge in [0.15, 0.2) is 0 Å². The lowest BCUT2D eigenvalue weighted by Gasteiger charge is -2.26. The van der Waals surface area contributed by atoms with Crippen LogP contribution in [0.4, 0.5) is 11.4 Å². The van der Waals surface area contributed by atoms with Crippen molar-refractivity contribution in [2.45, 2.75) is 41.9 Å². The summed E-state index contributed by atoms with van der Waals surface area (Å²) in [6.45, 7) is 2.85. The monoisotopic (exact) mass is 419 g/mol. The minimum atomic E-state index is -0.923. The van der Waals surface area contributed by atoms with Gasteiger partial charge in [-0.2, -0.15) is 0 Å². The van der Waals surface area contributed by atoms with E-state index in [1.807, 2.05) is 11.8 Å². The van der Waals surface area contributed by atoms with E-state index in [2.05, 4.69) is 54.7 Å². The smallest absolute Gasteiger partial charge is 0.335 e. The Morgan fingerprint density at radius 1 is 1.03 bits per heavy atom. The summed E-state index contributed by atoms with van der Waals surface area (Å²) < 4.78 is 5.82. The predicted molar refractivity (Wildman–Crippen MR) is 121 cm³/mol. The Kier molecular flexibility index (Phi) is 6.29. The van der Waals surface area contributed by atoms with Crippen LogP contribution in [-0.2, 0) is 0 Å². The molecule has 0 aliphatic carbocycles. The zero-order chi connectivity index (χ0) is 20.9. The number of aromatic carboxylic acids is 1. The minimum Gasteiger partial charge on any atom is -0.494 e. The third-order valence-electron chi connectivity index (χ3n) is 5.42. The number of hydrogen-bond donors (Lipinski definition) is 2. The van der Waals surface area contributed by atoms with Crippen molar-refractivity contribution in [3.63, 3.8) is 0 Å². The highest BCUT2D eigenvalue weighted by atomic mass is 32.2. The molecule has 1 unspecified atom stereocenters. The van der Waals surface area contributed by atoms with E-state index < -0.39 is 5.97 Å².